The number of halogens is 2. The number of ether oxygens (including phenoxy) is 1. The molecule has 0 saturated heterocycles. The van der Waals surface area contributed by atoms with Crippen molar-refractivity contribution in [2.24, 2.45) is 5.73 Å². The fourth-order valence-corrected chi connectivity index (χ4v) is 1.40. The van der Waals surface area contributed by atoms with E-state index >= 15 is 0 Å². The summed E-state index contributed by atoms with van der Waals surface area (Å²) in [6.45, 7) is 0.938. The first-order chi connectivity index (χ1) is 6.77. The SMILES string of the molecule is Cl.N#CCc1ccc(Br)cc1OCCN. The summed E-state index contributed by atoms with van der Waals surface area (Å²) >= 11 is 3.35. The van der Waals surface area contributed by atoms with E-state index in [2.05, 4.69) is 22.0 Å². The summed E-state index contributed by atoms with van der Waals surface area (Å²) in [6.07, 6.45) is 0.354. The van der Waals surface area contributed by atoms with Crippen LogP contribution in [-0.2, 0) is 6.42 Å². The molecule has 0 aliphatic carbocycles. The van der Waals surface area contributed by atoms with Gasteiger partial charge in [-0.05, 0) is 12.1 Å². The standard InChI is InChI=1S/C10H11BrN2O.ClH/c11-9-2-1-8(3-4-12)10(7-9)14-6-5-13;/h1-2,7H,3,5-6,13H2;1H. The fraction of sp³-hybridized carbons (Fsp3) is 0.300. The minimum atomic E-state index is 0. The Morgan fingerprint density at radius 1 is 1.47 bits per heavy atom. The molecule has 0 aliphatic heterocycles. The topological polar surface area (TPSA) is 59.0 Å². The first-order valence-corrected chi connectivity index (χ1v) is 5.05. The number of nitriles is 1. The van der Waals surface area contributed by atoms with Crippen LogP contribution in [0, 0.1) is 11.3 Å². The van der Waals surface area contributed by atoms with Crippen molar-refractivity contribution in [3.05, 3.63) is 28.2 Å². The molecule has 15 heavy (non-hydrogen) atoms. The Bertz CT molecular complexity index is 352. The molecule has 0 unspecified atom stereocenters. The summed E-state index contributed by atoms with van der Waals surface area (Å²) < 4.78 is 6.35. The van der Waals surface area contributed by atoms with Gasteiger partial charge in [-0.1, -0.05) is 22.0 Å². The predicted molar refractivity (Wildman–Crippen MR) is 65.3 cm³/mol. The Balaban J connectivity index is 0.00000196. The molecule has 0 spiro atoms. The number of rotatable bonds is 4. The minimum absolute atomic E-state index is 0. The van der Waals surface area contributed by atoms with Crippen molar-refractivity contribution in [1.82, 2.24) is 0 Å². The van der Waals surface area contributed by atoms with Gasteiger partial charge >= 0.3 is 0 Å². The van der Waals surface area contributed by atoms with E-state index < -0.39 is 0 Å². The zero-order chi connectivity index (χ0) is 10.4. The first-order valence-electron chi connectivity index (χ1n) is 4.26. The number of nitrogens with zero attached hydrogens (tertiary/aromatic N) is 1. The molecule has 0 aromatic heterocycles. The van der Waals surface area contributed by atoms with Crippen molar-refractivity contribution in [3.63, 3.8) is 0 Å². The van der Waals surface area contributed by atoms with Gasteiger partial charge in [-0.2, -0.15) is 5.26 Å². The van der Waals surface area contributed by atoms with E-state index in [0.717, 1.165) is 15.8 Å². The van der Waals surface area contributed by atoms with E-state index in [9.17, 15) is 0 Å². The minimum Gasteiger partial charge on any atom is -0.492 e. The lowest BCUT2D eigenvalue weighted by Gasteiger charge is -2.08. The lowest BCUT2D eigenvalue weighted by molar-refractivity contribution is 0.325. The highest BCUT2D eigenvalue weighted by molar-refractivity contribution is 9.10. The highest BCUT2D eigenvalue weighted by atomic mass is 79.9. The molecular weight excluding hydrogens is 279 g/mol. The summed E-state index contributed by atoms with van der Waals surface area (Å²) in [5.41, 5.74) is 6.23. The van der Waals surface area contributed by atoms with Crippen LogP contribution in [0.5, 0.6) is 5.75 Å². The molecule has 0 saturated carbocycles. The van der Waals surface area contributed by atoms with Crippen LogP contribution in [0.4, 0.5) is 0 Å². The molecule has 5 heteroatoms. The number of hydrogen-bond acceptors (Lipinski definition) is 3. The second-order valence-corrected chi connectivity index (χ2v) is 3.64. The molecule has 0 radical (unpaired) electrons. The normalized spacial score (nSPS) is 8.87. The Morgan fingerprint density at radius 2 is 2.20 bits per heavy atom. The molecular formula is C10H12BrClN2O. The largest absolute Gasteiger partial charge is 0.492 e. The van der Waals surface area contributed by atoms with Crippen LogP contribution in [0.15, 0.2) is 22.7 Å². The molecule has 0 bridgehead atoms. The lowest BCUT2D eigenvalue weighted by atomic mass is 10.1. The maximum absolute atomic E-state index is 8.60. The summed E-state index contributed by atoms with van der Waals surface area (Å²) in [6, 6.07) is 7.71. The summed E-state index contributed by atoms with van der Waals surface area (Å²) in [4.78, 5) is 0. The fourth-order valence-electron chi connectivity index (χ4n) is 1.06. The molecule has 82 valence electrons. The van der Waals surface area contributed by atoms with Crippen molar-refractivity contribution in [1.29, 1.82) is 5.26 Å². The van der Waals surface area contributed by atoms with Crippen molar-refractivity contribution in [2.75, 3.05) is 13.2 Å². The molecule has 0 heterocycles. The zero-order valence-electron chi connectivity index (χ0n) is 8.07. The van der Waals surface area contributed by atoms with Gasteiger partial charge in [-0.15, -0.1) is 12.4 Å². The van der Waals surface area contributed by atoms with Crippen molar-refractivity contribution in [2.45, 2.75) is 6.42 Å². The molecule has 0 fully saturated rings. The molecule has 0 atom stereocenters. The van der Waals surface area contributed by atoms with E-state index in [1.807, 2.05) is 18.2 Å². The van der Waals surface area contributed by atoms with Crippen molar-refractivity contribution in [3.8, 4) is 11.8 Å². The van der Waals surface area contributed by atoms with E-state index in [1.165, 1.54) is 0 Å². The van der Waals surface area contributed by atoms with Gasteiger partial charge in [0.15, 0.2) is 0 Å². The van der Waals surface area contributed by atoms with Gasteiger partial charge in [-0.25, -0.2) is 0 Å². The second kappa shape index (κ2) is 7.52. The Hall–Kier alpha value is -0.760. The van der Waals surface area contributed by atoms with Crippen molar-refractivity contribution < 1.29 is 4.74 Å². The molecule has 2 N–H and O–H groups in total. The average molecular weight is 292 g/mol. The van der Waals surface area contributed by atoms with Crippen LogP contribution in [-0.4, -0.2) is 13.2 Å². The number of nitrogens with two attached hydrogens (primary N) is 1. The van der Waals surface area contributed by atoms with Crippen LogP contribution in [0.3, 0.4) is 0 Å². The van der Waals surface area contributed by atoms with Gasteiger partial charge in [0, 0.05) is 16.6 Å². The van der Waals surface area contributed by atoms with Gasteiger partial charge in [0.1, 0.15) is 12.4 Å². The van der Waals surface area contributed by atoms with Crippen LogP contribution in [0.2, 0.25) is 0 Å². The highest BCUT2D eigenvalue weighted by Gasteiger charge is 2.03. The maximum Gasteiger partial charge on any atom is 0.124 e. The average Bonchev–Trinajstić information content (AvgIpc) is 2.18. The quantitative estimate of drug-likeness (QED) is 0.926. The van der Waals surface area contributed by atoms with E-state index in [4.69, 9.17) is 15.7 Å². The van der Waals surface area contributed by atoms with Crippen LogP contribution in [0.1, 0.15) is 5.56 Å². The van der Waals surface area contributed by atoms with Crippen molar-refractivity contribution >= 4 is 28.3 Å². The molecule has 0 amide bonds. The molecule has 0 aliphatic rings. The molecule has 1 aromatic rings. The molecule has 3 nitrogen and oxygen atoms in total. The molecule has 1 rings (SSSR count). The van der Waals surface area contributed by atoms with E-state index in [0.29, 0.717) is 19.6 Å². The Labute approximate surface area is 104 Å². The van der Waals surface area contributed by atoms with Gasteiger partial charge in [0.25, 0.3) is 0 Å². The van der Waals surface area contributed by atoms with E-state index in [1.54, 1.807) is 0 Å². The maximum atomic E-state index is 8.60. The highest BCUT2D eigenvalue weighted by Crippen LogP contribution is 2.23. The van der Waals surface area contributed by atoms with Gasteiger partial charge in [0.2, 0.25) is 0 Å². The lowest BCUT2D eigenvalue weighted by Crippen LogP contribution is -2.11. The Morgan fingerprint density at radius 3 is 2.80 bits per heavy atom. The smallest absolute Gasteiger partial charge is 0.124 e. The van der Waals surface area contributed by atoms with Gasteiger partial charge in [0.05, 0.1) is 12.5 Å². The summed E-state index contributed by atoms with van der Waals surface area (Å²) in [7, 11) is 0. The number of benzene rings is 1. The third-order valence-corrected chi connectivity index (χ3v) is 2.17. The van der Waals surface area contributed by atoms with E-state index in [-0.39, 0.29) is 12.4 Å². The van der Waals surface area contributed by atoms with Crippen LogP contribution in [0.25, 0.3) is 0 Å². The van der Waals surface area contributed by atoms with Crippen LogP contribution < -0.4 is 10.5 Å². The Kier molecular flexibility index (Phi) is 7.14. The van der Waals surface area contributed by atoms with Gasteiger partial charge < -0.3 is 10.5 Å². The zero-order valence-corrected chi connectivity index (χ0v) is 10.5. The molecule has 1 aromatic carbocycles. The number of hydrogen-bond donors (Lipinski definition) is 1. The monoisotopic (exact) mass is 290 g/mol. The van der Waals surface area contributed by atoms with Gasteiger partial charge in [-0.3, -0.25) is 0 Å². The van der Waals surface area contributed by atoms with Crippen LogP contribution >= 0.6 is 28.3 Å². The first kappa shape index (κ1) is 14.2. The summed E-state index contributed by atoms with van der Waals surface area (Å²) in [5, 5.41) is 8.60. The third-order valence-electron chi connectivity index (χ3n) is 1.67. The second-order valence-electron chi connectivity index (χ2n) is 2.72. The summed E-state index contributed by atoms with van der Waals surface area (Å²) in [5.74, 6) is 0.728. The predicted octanol–water partition coefficient (Wildman–Crippen LogP) is 2.27. The third kappa shape index (κ3) is 4.52.